The van der Waals surface area contributed by atoms with E-state index in [1.54, 1.807) is 0 Å². The van der Waals surface area contributed by atoms with Crippen molar-refractivity contribution in [2.24, 2.45) is 0 Å². The molecule has 0 aliphatic rings. The molecular weight excluding hydrogens is 126 g/mol. The van der Waals surface area contributed by atoms with Crippen LogP contribution in [0.3, 0.4) is 0 Å². The summed E-state index contributed by atoms with van der Waals surface area (Å²) in [5.41, 5.74) is 0. The van der Waals surface area contributed by atoms with Crippen molar-refractivity contribution in [3.63, 3.8) is 0 Å². The average Bonchev–Trinajstić information content (AvgIpc) is 1.98. The zero-order valence-corrected chi connectivity index (χ0v) is 6.81. The number of ether oxygens (including phenoxy) is 1. The molecule has 2 radical (unpaired) electrons. The summed E-state index contributed by atoms with van der Waals surface area (Å²) in [5.74, 6) is 0. The molecule has 60 valence electrons. The fourth-order valence-corrected chi connectivity index (χ4v) is 0.650. The minimum Gasteiger partial charge on any atom is -0.381 e. The lowest BCUT2D eigenvalue weighted by atomic mass is 10.4. The maximum absolute atomic E-state index is 5.07. The molecule has 0 aromatic heterocycles. The van der Waals surface area contributed by atoms with Crippen LogP contribution >= 0.6 is 0 Å². The van der Waals surface area contributed by atoms with Crippen molar-refractivity contribution in [2.45, 2.75) is 6.42 Å². The zero-order valence-electron chi connectivity index (χ0n) is 6.81. The SMILES string of the molecule is [CH2]COCCCN(C)C[CH2]. The van der Waals surface area contributed by atoms with Crippen molar-refractivity contribution < 1.29 is 4.74 Å². The van der Waals surface area contributed by atoms with Crippen molar-refractivity contribution in [1.82, 2.24) is 4.90 Å². The predicted octanol–water partition coefficient (Wildman–Crippen LogP) is 0.993. The van der Waals surface area contributed by atoms with Gasteiger partial charge in [0.2, 0.25) is 0 Å². The van der Waals surface area contributed by atoms with E-state index in [9.17, 15) is 0 Å². The normalized spacial score (nSPS) is 10.8. The first-order valence-electron chi connectivity index (χ1n) is 3.66. The summed E-state index contributed by atoms with van der Waals surface area (Å²) in [5, 5.41) is 0. The highest BCUT2D eigenvalue weighted by molar-refractivity contribution is 4.51. The van der Waals surface area contributed by atoms with Gasteiger partial charge >= 0.3 is 0 Å². The molecule has 0 bridgehead atoms. The minimum absolute atomic E-state index is 0.577. The summed E-state index contributed by atoms with van der Waals surface area (Å²) in [7, 11) is 2.05. The standard InChI is InChI=1S/C8H17NO/c1-4-9(3)7-6-8-10-5-2/h1-2,4-8H2,3H3. The third-order valence-electron chi connectivity index (χ3n) is 1.35. The van der Waals surface area contributed by atoms with Crippen LogP contribution < -0.4 is 0 Å². The molecular formula is C8H17NO. The third-order valence-corrected chi connectivity index (χ3v) is 1.35. The van der Waals surface area contributed by atoms with E-state index >= 15 is 0 Å². The fraction of sp³-hybridized carbons (Fsp3) is 0.750. The Morgan fingerprint density at radius 2 is 2.10 bits per heavy atom. The Kier molecular flexibility index (Phi) is 6.98. The van der Waals surface area contributed by atoms with Crippen LogP contribution in [-0.4, -0.2) is 38.3 Å². The molecule has 0 saturated heterocycles. The van der Waals surface area contributed by atoms with Crippen LogP contribution in [0.25, 0.3) is 0 Å². The van der Waals surface area contributed by atoms with Crippen molar-refractivity contribution in [3.05, 3.63) is 13.8 Å². The number of rotatable bonds is 6. The molecule has 0 amide bonds. The lowest BCUT2D eigenvalue weighted by molar-refractivity contribution is 0.149. The summed E-state index contributed by atoms with van der Waals surface area (Å²) in [6.45, 7) is 10.6. The van der Waals surface area contributed by atoms with Gasteiger partial charge in [-0.05, 0) is 33.9 Å². The summed E-state index contributed by atoms with van der Waals surface area (Å²) in [4.78, 5) is 2.16. The highest BCUT2D eigenvalue weighted by Gasteiger charge is 1.92. The van der Waals surface area contributed by atoms with Crippen molar-refractivity contribution >= 4 is 0 Å². The van der Waals surface area contributed by atoms with Crippen LogP contribution in [0.1, 0.15) is 6.42 Å². The molecule has 0 aromatic rings. The second-order valence-corrected chi connectivity index (χ2v) is 2.27. The van der Waals surface area contributed by atoms with E-state index in [0.717, 1.165) is 26.1 Å². The van der Waals surface area contributed by atoms with E-state index in [-0.39, 0.29) is 0 Å². The predicted molar refractivity (Wildman–Crippen MR) is 43.6 cm³/mol. The maximum Gasteiger partial charge on any atom is 0.0478 e. The largest absolute Gasteiger partial charge is 0.381 e. The molecule has 0 aliphatic carbocycles. The Morgan fingerprint density at radius 3 is 2.60 bits per heavy atom. The topological polar surface area (TPSA) is 12.5 Å². The van der Waals surface area contributed by atoms with Gasteiger partial charge in [0, 0.05) is 19.8 Å². The molecule has 2 heteroatoms. The zero-order chi connectivity index (χ0) is 7.82. The average molecular weight is 143 g/mol. The molecule has 0 aromatic carbocycles. The Bertz CT molecular complexity index is 66.3. The van der Waals surface area contributed by atoms with Gasteiger partial charge in [-0.15, -0.1) is 0 Å². The van der Waals surface area contributed by atoms with Gasteiger partial charge in [-0.3, -0.25) is 0 Å². The van der Waals surface area contributed by atoms with Gasteiger partial charge < -0.3 is 9.64 Å². The van der Waals surface area contributed by atoms with E-state index in [1.807, 2.05) is 0 Å². The monoisotopic (exact) mass is 143 g/mol. The Balaban J connectivity index is 2.89. The smallest absolute Gasteiger partial charge is 0.0478 e. The molecule has 0 aliphatic heterocycles. The molecule has 0 atom stereocenters. The van der Waals surface area contributed by atoms with Crippen LogP contribution in [0.5, 0.6) is 0 Å². The minimum atomic E-state index is 0.577. The quantitative estimate of drug-likeness (QED) is 0.514. The van der Waals surface area contributed by atoms with Gasteiger partial charge in [0.15, 0.2) is 0 Å². The molecule has 0 heterocycles. The first kappa shape index (κ1) is 9.92. The van der Waals surface area contributed by atoms with Crippen molar-refractivity contribution in [3.8, 4) is 0 Å². The van der Waals surface area contributed by atoms with Crippen molar-refractivity contribution in [1.29, 1.82) is 0 Å². The van der Waals surface area contributed by atoms with E-state index in [1.165, 1.54) is 0 Å². The number of hydrogen-bond acceptors (Lipinski definition) is 2. The number of hydrogen-bond donors (Lipinski definition) is 0. The van der Waals surface area contributed by atoms with Gasteiger partial charge in [0.25, 0.3) is 0 Å². The molecule has 0 rings (SSSR count). The Morgan fingerprint density at radius 1 is 1.40 bits per heavy atom. The molecule has 0 fully saturated rings. The molecule has 0 spiro atoms. The van der Waals surface area contributed by atoms with Crippen LogP contribution in [0.4, 0.5) is 0 Å². The van der Waals surface area contributed by atoms with E-state index in [4.69, 9.17) is 4.74 Å². The Hall–Kier alpha value is -0.0800. The van der Waals surface area contributed by atoms with Gasteiger partial charge in [-0.25, -0.2) is 0 Å². The van der Waals surface area contributed by atoms with Gasteiger partial charge in [0.05, 0.1) is 0 Å². The maximum atomic E-state index is 5.07. The molecule has 0 unspecified atom stereocenters. The van der Waals surface area contributed by atoms with Crippen molar-refractivity contribution in [2.75, 3.05) is 33.4 Å². The van der Waals surface area contributed by atoms with Crippen LogP contribution in [-0.2, 0) is 4.74 Å². The van der Waals surface area contributed by atoms with Gasteiger partial charge in [-0.1, -0.05) is 0 Å². The van der Waals surface area contributed by atoms with Crippen LogP contribution in [0.15, 0.2) is 0 Å². The number of nitrogens with zero attached hydrogens (tertiary/aromatic N) is 1. The highest BCUT2D eigenvalue weighted by atomic mass is 16.5. The van der Waals surface area contributed by atoms with E-state index in [2.05, 4.69) is 25.8 Å². The second kappa shape index (κ2) is 7.03. The second-order valence-electron chi connectivity index (χ2n) is 2.27. The van der Waals surface area contributed by atoms with E-state index in [0.29, 0.717) is 6.61 Å². The van der Waals surface area contributed by atoms with Gasteiger partial charge in [0.1, 0.15) is 0 Å². The first-order chi connectivity index (χ1) is 4.81. The molecule has 0 N–H and O–H groups in total. The molecule has 2 nitrogen and oxygen atoms in total. The summed E-state index contributed by atoms with van der Waals surface area (Å²) < 4.78 is 5.07. The lowest BCUT2D eigenvalue weighted by Gasteiger charge is -2.12. The lowest BCUT2D eigenvalue weighted by Crippen LogP contribution is -2.20. The summed E-state index contributed by atoms with van der Waals surface area (Å²) in [6.07, 6.45) is 1.07. The van der Waals surface area contributed by atoms with Gasteiger partial charge in [-0.2, -0.15) is 0 Å². The fourth-order valence-electron chi connectivity index (χ4n) is 0.650. The summed E-state index contributed by atoms with van der Waals surface area (Å²) in [6, 6.07) is 0. The third kappa shape index (κ3) is 6.05. The molecule has 0 saturated carbocycles. The van der Waals surface area contributed by atoms with Crippen LogP contribution in [0, 0.1) is 13.8 Å². The Labute approximate surface area is 64.2 Å². The molecule has 10 heavy (non-hydrogen) atoms. The van der Waals surface area contributed by atoms with Crippen LogP contribution in [0.2, 0.25) is 0 Å². The summed E-state index contributed by atoms with van der Waals surface area (Å²) >= 11 is 0. The first-order valence-corrected chi connectivity index (χ1v) is 3.66. The highest BCUT2D eigenvalue weighted by Crippen LogP contribution is 1.86. The van der Waals surface area contributed by atoms with E-state index < -0.39 is 0 Å².